The first-order valence-electron chi connectivity index (χ1n) is 12.9. The second kappa shape index (κ2) is 13.0. The molecule has 1 aromatic heterocycles. The average Bonchev–Trinajstić information content (AvgIpc) is 2.92. The smallest absolute Gasteiger partial charge is 0.419 e. The van der Waals surface area contributed by atoms with E-state index in [4.69, 9.17) is 10.5 Å². The van der Waals surface area contributed by atoms with Crippen LogP contribution in [0.1, 0.15) is 46.7 Å². The fourth-order valence-electron chi connectivity index (χ4n) is 4.97. The summed E-state index contributed by atoms with van der Waals surface area (Å²) in [5.74, 6) is 0.311. The zero-order valence-corrected chi connectivity index (χ0v) is 22.1. The number of ether oxygens (including phenoxy) is 1. The van der Waals surface area contributed by atoms with Gasteiger partial charge in [0.2, 0.25) is 11.9 Å². The second-order valence-electron chi connectivity index (χ2n) is 9.64. The fourth-order valence-corrected chi connectivity index (χ4v) is 4.97. The van der Waals surface area contributed by atoms with E-state index in [1.807, 2.05) is 16.9 Å². The molecule has 1 saturated heterocycles. The molecule has 1 aliphatic rings. The molecule has 0 bridgehead atoms. The Hall–Kier alpha value is -3.93. The number of aryl methyl sites for hydroxylation is 2. The van der Waals surface area contributed by atoms with Crippen molar-refractivity contribution in [2.24, 2.45) is 5.73 Å². The van der Waals surface area contributed by atoms with Crippen LogP contribution in [0.25, 0.3) is 0 Å². The fraction of sp³-hybridized carbons (Fsp3) is 0.357. The number of piperidine rings is 1. The maximum Gasteiger partial charge on any atom is 0.419 e. The van der Waals surface area contributed by atoms with Crippen LogP contribution in [0.5, 0.6) is 5.75 Å². The Balaban J connectivity index is 1.53. The first-order chi connectivity index (χ1) is 19.2. The minimum atomic E-state index is -4.63. The van der Waals surface area contributed by atoms with Crippen molar-refractivity contribution in [3.8, 4) is 5.75 Å². The van der Waals surface area contributed by atoms with E-state index in [1.165, 1.54) is 7.11 Å². The number of nitrogens with zero attached hydrogens (tertiary/aromatic N) is 3. The molecular formula is C28H30BF3N5O3. The van der Waals surface area contributed by atoms with E-state index in [2.05, 4.69) is 15.3 Å². The van der Waals surface area contributed by atoms with Crippen LogP contribution in [0.3, 0.4) is 0 Å². The summed E-state index contributed by atoms with van der Waals surface area (Å²) >= 11 is 0. The van der Waals surface area contributed by atoms with E-state index in [0.29, 0.717) is 22.9 Å². The molecule has 1 radical (unpaired) electrons. The normalized spacial score (nSPS) is 14.5. The lowest BCUT2D eigenvalue weighted by atomic mass is 9.84. The van der Waals surface area contributed by atoms with E-state index < -0.39 is 17.6 Å². The molecule has 4 rings (SSSR count). The summed E-state index contributed by atoms with van der Waals surface area (Å²) in [6.45, 7) is 1.56. The molecule has 1 fully saturated rings. The first-order valence-corrected chi connectivity index (χ1v) is 12.9. The van der Waals surface area contributed by atoms with Gasteiger partial charge in [0, 0.05) is 6.20 Å². The molecule has 1 amide bonds. The summed E-state index contributed by atoms with van der Waals surface area (Å²) in [5.41, 5.74) is 7.26. The van der Waals surface area contributed by atoms with Gasteiger partial charge in [0.1, 0.15) is 5.75 Å². The SMILES string of the molecule is COc1cc(C2CCN([B]C=O)CC2)ccc1Nc1ncc(C(F)(F)F)c(CCc2ccccc2CC(N)=O)n1. The number of hydrogen-bond donors (Lipinski definition) is 2. The number of hydrogen-bond acceptors (Lipinski definition) is 7. The lowest BCUT2D eigenvalue weighted by molar-refractivity contribution is -0.138. The van der Waals surface area contributed by atoms with E-state index >= 15 is 0 Å². The number of methoxy groups -OCH3 is 1. The lowest BCUT2D eigenvalue weighted by Gasteiger charge is -2.31. The zero-order valence-electron chi connectivity index (χ0n) is 22.1. The number of nitrogens with one attached hydrogen (secondary N) is 1. The Labute approximate surface area is 231 Å². The van der Waals surface area contributed by atoms with E-state index in [0.717, 1.165) is 49.4 Å². The average molecular weight is 552 g/mol. The van der Waals surface area contributed by atoms with Crippen molar-refractivity contribution in [2.45, 2.75) is 44.2 Å². The highest BCUT2D eigenvalue weighted by Crippen LogP contribution is 2.36. The van der Waals surface area contributed by atoms with Crippen LogP contribution < -0.4 is 15.8 Å². The third kappa shape index (κ3) is 7.38. The minimum Gasteiger partial charge on any atom is -0.495 e. The summed E-state index contributed by atoms with van der Waals surface area (Å²) < 4.78 is 46.9. The first kappa shape index (κ1) is 29.1. The number of primary amides is 1. The van der Waals surface area contributed by atoms with Crippen LogP contribution in [0.4, 0.5) is 24.8 Å². The molecular weight excluding hydrogens is 522 g/mol. The van der Waals surface area contributed by atoms with Crippen LogP contribution in [-0.4, -0.2) is 54.5 Å². The van der Waals surface area contributed by atoms with Gasteiger partial charge in [-0.15, -0.1) is 0 Å². The molecule has 8 nitrogen and oxygen atoms in total. The van der Waals surface area contributed by atoms with E-state index in [9.17, 15) is 22.8 Å². The van der Waals surface area contributed by atoms with Gasteiger partial charge in [-0.2, -0.15) is 13.2 Å². The van der Waals surface area contributed by atoms with E-state index in [-0.39, 0.29) is 30.9 Å². The highest BCUT2D eigenvalue weighted by atomic mass is 19.4. The van der Waals surface area contributed by atoms with Crippen molar-refractivity contribution in [1.29, 1.82) is 0 Å². The van der Waals surface area contributed by atoms with Crippen molar-refractivity contribution in [3.05, 3.63) is 76.6 Å². The number of halogens is 3. The van der Waals surface area contributed by atoms with Crippen LogP contribution in [-0.2, 0) is 35.0 Å². The molecule has 40 heavy (non-hydrogen) atoms. The minimum absolute atomic E-state index is 0.00493. The van der Waals surface area contributed by atoms with Gasteiger partial charge < -0.3 is 25.4 Å². The number of amides is 1. The highest BCUT2D eigenvalue weighted by Gasteiger charge is 2.35. The molecule has 3 N–H and O–H groups in total. The van der Waals surface area contributed by atoms with Crippen LogP contribution in [0.15, 0.2) is 48.7 Å². The summed E-state index contributed by atoms with van der Waals surface area (Å²) in [6, 6.07) is 12.7. The molecule has 0 aliphatic carbocycles. The number of rotatable bonds is 11. The summed E-state index contributed by atoms with van der Waals surface area (Å²) in [7, 11) is 3.08. The summed E-state index contributed by atoms with van der Waals surface area (Å²) in [5, 5.41) is 3.00. The summed E-state index contributed by atoms with van der Waals surface area (Å²) in [4.78, 5) is 32.3. The van der Waals surface area contributed by atoms with Crippen LogP contribution in [0.2, 0.25) is 0 Å². The van der Waals surface area contributed by atoms with Crippen molar-refractivity contribution in [1.82, 2.24) is 14.8 Å². The lowest BCUT2D eigenvalue weighted by Crippen LogP contribution is -2.36. The molecule has 3 aromatic rings. The highest BCUT2D eigenvalue weighted by molar-refractivity contribution is 6.64. The molecule has 0 unspecified atom stereocenters. The predicted octanol–water partition coefficient (Wildman–Crippen LogP) is 4.05. The third-order valence-electron chi connectivity index (χ3n) is 7.03. The maximum absolute atomic E-state index is 13.8. The number of nitrogens with two attached hydrogens (primary N) is 1. The molecule has 1 aliphatic heterocycles. The van der Waals surface area contributed by atoms with Crippen molar-refractivity contribution < 1.29 is 27.5 Å². The molecule has 2 aromatic carbocycles. The van der Waals surface area contributed by atoms with Crippen LogP contribution in [0, 0.1) is 0 Å². The van der Waals surface area contributed by atoms with Crippen molar-refractivity contribution >= 4 is 31.1 Å². The molecule has 0 atom stereocenters. The number of anilines is 2. The van der Waals surface area contributed by atoms with Gasteiger partial charge in [0.15, 0.2) is 0 Å². The Bertz CT molecular complexity index is 1350. The molecule has 2 heterocycles. The topological polar surface area (TPSA) is 110 Å². The van der Waals surface area contributed by atoms with Crippen molar-refractivity contribution in [2.75, 3.05) is 25.5 Å². The van der Waals surface area contributed by atoms with Gasteiger partial charge in [-0.3, -0.25) is 4.79 Å². The second-order valence-corrected chi connectivity index (χ2v) is 9.64. The number of carbonyl (C=O) groups excluding carboxylic acids is 2. The van der Waals surface area contributed by atoms with Gasteiger partial charge in [0.25, 0.3) is 7.41 Å². The molecule has 0 saturated carbocycles. The Morgan fingerprint density at radius 3 is 2.55 bits per heavy atom. The maximum atomic E-state index is 13.8. The van der Waals surface area contributed by atoms with Gasteiger partial charge in [-0.1, -0.05) is 30.3 Å². The van der Waals surface area contributed by atoms with Crippen molar-refractivity contribution in [3.63, 3.8) is 0 Å². The van der Waals surface area contributed by atoms with Crippen LogP contribution >= 0.6 is 0 Å². The standard InChI is InChI=1S/C28H30BF3N5O3/c1-40-25-14-21(19-10-12-37(13-11-19)29-17-38)7-9-24(25)36-27-34-16-22(28(30,31)32)23(35-27)8-6-18-4-2-3-5-20(18)15-26(33)39/h2-5,7,9,14,16-17,19H,6,8,10-13,15H2,1H3,(H2,33,39)(H,34,35,36). The molecule has 0 spiro atoms. The molecule has 12 heteroatoms. The Morgan fingerprint density at radius 2 is 1.90 bits per heavy atom. The van der Waals surface area contributed by atoms with Gasteiger partial charge in [-0.25, -0.2) is 9.97 Å². The quantitative estimate of drug-likeness (QED) is 0.273. The largest absolute Gasteiger partial charge is 0.495 e. The number of alkyl halides is 3. The number of carbonyl (C=O) groups is 2. The Kier molecular flexibility index (Phi) is 9.41. The molecule has 209 valence electrons. The number of benzene rings is 2. The Morgan fingerprint density at radius 1 is 1.18 bits per heavy atom. The monoisotopic (exact) mass is 552 g/mol. The van der Waals surface area contributed by atoms with Gasteiger partial charge in [0.05, 0.1) is 36.7 Å². The van der Waals surface area contributed by atoms with Gasteiger partial charge >= 0.3 is 6.18 Å². The zero-order chi connectivity index (χ0) is 28.7. The predicted molar refractivity (Wildman–Crippen MR) is 146 cm³/mol. The van der Waals surface area contributed by atoms with Gasteiger partial charge in [-0.05, 0) is 73.5 Å². The summed E-state index contributed by atoms with van der Waals surface area (Å²) in [6.07, 6.45) is -1.05. The number of aromatic nitrogens is 2. The van der Waals surface area contributed by atoms with E-state index in [1.54, 1.807) is 37.7 Å². The third-order valence-corrected chi connectivity index (χ3v) is 7.03.